The first-order chi connectivity index (χ1) is 16.5. The van der Waals surface area contributed by atoms with Crippen molar-refractivity contribution in [2.75, 3.05) is 44.1 Å². The molecule has 1 saturated heterocycles. The predicted molar refractivity (Wildman–Crippen MR) is 133 cm³/mol. The number of fused-ring (bicyclic) bond motifs is 1. The second-order valence-electron chi connectivity index (χ2n) is 8.15. The fourth-order valence-corrected chi connectivity index (χ4v) is 4.28. The summed E-state index contributed by atoms with van der Waals surface area (Å²) in [5.74, 6) is 1.78. The van der Waals surface area contributed by atoms with Gasteiger partial charge in [-0.25, -0.2) is 9.97 Å². The highest BCUT2D eigenvalue weighted by Crippen LogP contribution is 2.37. The number of hydrogen-bond acceptors (Lipinski definition) is 7. The van der Waals surface area contributed by atoms with Gasteiger partial charge < -0.3 is 24.4 Å². The van der Waals surface area contributed by atoms with Gasteiger partial charge >= 0.3 is 0 Å². The molecule has 0 bridgehead atoms. The first-order valence-corrected chi connectivity index (χ1v) is 11.8. The highest BCUT2D eigenvalue weighted by molar-refractivity contribution is 6.32. The second-order valence-corrected chi connectivity index (χ2v) is 8.56. The molecule has 0 saturated carbocycles. The molecule has 3 aromatic rings. The van der Waals surface area contributed by atoms with Crippen LogP contribution in [0.3, 0.4) is 0 Å². The van der Waals surface area contributed by atoms with Gasteiger partial charge in [-0.3, -0.25) is 4.79 Å². The summed E-state index contributed by atoms with van der Waals surface area (Å²) < 4.78 is 16.6. The monoisotopic (exact) mass is 484 g/mol. The summed E-state index contributed by atoms with van der Waals surface area (Å²) in [7, 11) is 3.06. The molecule has 0 spiro atoms. The lowest BCUT2D eigenvalue weighted by molar-refractivity contribution is -0.120. The van der Waals surface area contributed by atoms with Gasteiger partial charge in [-0.05, 0) is 31.4 Å². The van der Waals surface area contributed by atoms with Crippen molar-refractivity contribution in [3.8, 4) is 17.4 Å². The van der Waals surface area contributed by atoms with Gasteiger partial charge in [0.25, 0.3) is 5.88 Å². The Kier molecular flexibility index (Phi) is 7.57. The van der Waals surface area contributed by atoms with E-state index in [1.807, 2.05) is 24.3 Å². The molecule has 8 nitrogen and oxygen atoms in total. The van der Waals surface area contributed by atoms with Crippen LogP contribution in [0.1, 0.15) is 26.2 Å². The van der Waals surface area contributed by atoms with Crippen LogP contribution in [0.5, 0.6) is 17.4 Å². The van der Waals surface area contributed by atoms with Crippen molar-refractivity contribution in [1.82, 2.24) is 9.97 Å². The summed E-state index contributed by atoms with van der Waals surface area (Å²) >= 11 is 6.20. The molecule has 4 rings (SSSR count). The Morgan fingerprint density at radius 3 is 2.59 bits per heavy atom. The smallest absolute Gasteiger partial charge is 0.258 e. The van der Waals surface area contributed by atoms with Gasteiger partial charge in [-0.1, -0.05) is 30.7 Å². The minimum absolute atomic E-state index is 0.0999. The van der Waals surface area contributed by atoms with Crippen LogP contribution in [-0.2, 0) is 4.79 Å². The maximum absolute atomic E-state index is 13.2. The Hall–Kier alpha value is -3.26. The van der Waals surface area contributed by atoms with Gasteiger partial charge in [0.2, 0.25) is 5.91 Å². The predicted octanol–water partition coefficient (Wildman–Crippen LogP) is 4.94. The van der Waals surface area contributed by atoms with Crippen LogP contribution in [0.4, 0.5) is 11.5 Å². The van der Waals surface area contributed by atoms with E-state index in [0.717, 1.165) is 36.8 Å². The Labute approximate surface area is 204 Å². The van der Waals surface area contributed by atoms with Crippen LogP contribution in [0.25, 0.3) is 11.0 Å². The number of hydrogen-bond donors (Lipinski definition) is 1. The van der Waals surface area contributed by atoms with Crippen molar-refractivity contribution in [2.24, 2.45) is 5.92 Å². The molecule has 1 aliphatic heterocycles. The van der Waals surface area contributed by atoms with Gasteiger partial charge in [-0.2, -0.15) is 0 Å². The van der Waals surface area contributed by atoms with Gasteiger partial charge in [0.05, 0.1) is 48.5 Å². The molecule has 1 aromatic heterocycles. The molecule has 1 atom stereocenters. The number of aromatic nitrogens is 2. The number of ether oxygens (including phenoxy) is 3. The number of rotatable bonds is 8. The van der Waals surface area contributed by atoms with Crippen molar-refractivity contribution in [3.63, 3.8) is 0 Å². The number of amides is 1. The van der Waals surface area contributed by atoms with E-state index in [1.165, 1.54) is 14.2 Å². The molecule has 180 valence electrons. The molecule has 1 aliphatic rings. The third kappa shape index (κ3) is 5.12. The lowest BCUT2D eigenvalue weighted by atomic mass is 9.97. The summed E-state index contributed by atoms with van der Waals surface area (Å²) in [6.07, 6.45) is 2.48. The Bertz CT molecular complexity index is 1170. The molecule has 0 radical (unpaired) electrons. The normalized spacial score (nSPS) is 15.8. The third-order valence-electron chi connectivity index (χ3n) is 5.79. The number of piperidine rings is 1. The fraction of sp³-hybridized carbons (Fsp3) is 0.400. The number of methoxy groups -OCH3 is 2. The van der Waals surface area contributed by atoms with Crippen molar-refractivity contribution in [1.29, 1.82) is 0 Å². The van der Waals surface area contributed by atoms with Crippen LogP contribution in [-0.4, -0.2) is 49.8 Å². The maximum atomic E-state index is 13.2. The van der Waals surface area contributed by atoms with Crippen molar-refractivity contribution < 1.29 is 19.0 Å². The molecule has 1 amide bonds. The summed E-state index contributed by atoms with van der Waals surface area (Å²) in [4.78, 5) is 24.9. The van der Waals surface area contributed by atoms with Gasteiger partial charge in [0.1, 0.15) is 11.5 Å². The lowest BCUT2D eigenvalue weighted by Gasteiger charge is -2.33. The standard InChI is InChI=1S/C25H29ClN4O4/c1-4-12-34-25-23(27-18-9-5-6-10-19(18)29-25)30-11-7-8-16(15-30)24(31)28-20-14-21(32-2)17(26)13-22(20)33-3/h5-6,9-10,13-14,16H,4,7-8,11-12,15H2,1-3H3,(H,28,31)/t16-/m0/s1. The zero-order valence-electron chi connectivity index (χ0n) is 19.6. The number of halogens is 1. The molecule has 0 unspecified atom stereocenters. The maximum Gasteiger partial charge on any atom is 0.258 e. The molecular weight excluding hydrogens is 456 g/mol. The van der Waals surface area contributed by atoms with Crippen molar-refractivity contribution in [3.05, 3.63) is 41.4 Å². The van der Waals surface area contributed by atoms with E-state index in [-0.39, 0.29) is 11.8 Å². The summed E-state index contributed by atoms with van der Waals surface area (Å²) in [6, 6.07) is 11.0. The minimum Gasteiger partial charge on any atom is -0.495 e. The summed E-state index contributed by atoms with van der Waals surface area (Å²) in [6.45, 7) is 3.89. The summed E-state index contributed by atoms with van der Waals surface area (Å²) in [5, 5.41) is 3.40. The largest absolute Gasteiger partial charge is 0.495 e. The molecule has 1 fully saturated rings. The number of nitrogens with zero attached hydrogens (tertiary/aromatic N) is 3. The highest BCUT2D eigenvalue weighted by atomic mass is 35.5. The van der Waals surface area contributed by atoms with E-state index in [1.54, 1.807) is 12.1 Å². The summed E-state index contributed by atoms with van der Waals surface area (Å²) in [5.41, 5.74) is 2.10. The van der Waals surface area contributed by atoms with Crippen LogP contribution in [0.15, 0.2) is 36.4 Å². The van der Waals surface area contributed by atoms with Crippen LogP contribution in [0.2, 0.25) is 5.02 Å². The van der Waals surface area contributed by atoms with Gasteiger partial charge in [0.15, 0.2) is 5.82 Å². The van der Waals surface area contributed by atoms with Gasteiger partial charge in [-0.15, -0.1) is 0 Å². The van der Waals surface area contributed by atoms with E-state index >= 15 is 0 Å². The molecule has 9 heteroatoms. The molecule has 0 aliphatic carbocycles. The third-order valence-corrected chi connectivity index (χ3v) is 6.08. The average molecular weight is 485 g/mol. The lowest BCUT2D eigenvalue weighted by Crippen LogP contribution is -2.41. The molecule has 1 N–H and O–H groups in total. The molecular formula is C25H29ClN4O4. The van der Waals surface area contributed by atoms with E-state index in [4.69, 9.17) is 35.8 Å². The van der Waals surface area contributed by atoms with Crippen molar-refractivity contribution in [2.45, 2.75) is 26.2 Å². The van der Waals surface area contributed by atoms with E-state index in [9.17, 15) is 4.79 Å². The SMILES string of the molecule is CCCOc1nc2ccccc2nc1N1CCC[C@H](C(=O)Nc2cc(OC)c(Cl)cc2OC)C1. The average Bonchev–Trinajstić information content (AvgIpc) is 2.87. The first-order valence-electron chi connectivity index (χ1n) is 11.4. The second kappa shape index (κ2) is 10.8. The fourth-order valence-electron chi connectivity index (χ4n) is 4.05. The number of carbonyl (C=O) groups excluding carboxylic acids is 1. The van der Waals surface area contributed by atoms with Crippen molar-refractivity contribution >= 4 is 40.0 Å². The number of para-hydroxylation sites is 2. The number of carbonyl (C=O) groups is 1. The zero-order chi connectivity index (χ0) is 24.1. The van der Waals surface area contributed by atoms with Crippen LogP contribution >= 0.6 is 11.6 Å². The molecule has 2 heterocycles. The Morgan fingerprint density at radius 1 is 1.15 bits per heavy atom. The first kappa shape index (κ1) is 23.9. The minimum atomic E-state index is -0.243. The number of anilines is 2. The number of benzene rings is 2. The van der Waals surface area contributed by atoms with E-state index in [0.29, 0.717) is 47.1 Å². The topological polar surface area (TPSA) is 85.8 Å². The highest BCUT2D eigenvalue weighted by Gasteiger charge is 2.29. The van der Waals surface area contributed by atoms with Crippen LogP contribution < -0.4 is 24.4 Å². The number of nitrogens with one attached hydrogen (secondary N) is 1. The van der Waals surface area contributed by atoms with E-state index in [2.05, 4.69) is 17.1 Å². The van der Waals surface area contributed by atoms with Gasteiger partial charge in [0, 0.05) is 25.2 Å². The molecule has 34 heavy (non-hydrogen) atoms. The molecule has 2 aromatic carbocycles. The van der Waals surface area contributed by atoms with Crippen LogP contribution in [0, 0.1) is 5.92 Å². The Morgan fingerprint density at radius 2 is 1.88 bits per heavy atom. The quantitative estimate of drug-likeness (QED) is 0.484. The van der Waals surface area contributed by atoms with E-state index < -0.39 is 0 Å². The Balaban J connectivity index is 1.57. The zero-order valence-corrected chi connectivity index (χ0v) is 20.4.